The summed E-state index contributed by atoms with van der Waals surface area (Å²) in [4.78, 5) is 0. The molecule has 3 aromatic rings. The molecule has 0 saturated carbocycles. The van der Waals surface area contributed by atoms with Crippen molar-refractivity contribution in [2.45, 2.75) is 20.0 Å². The highest BCUT2D eigenvalue weighted by atomic mass is 16.5. The molecule has 0 bridgehead atoms. The Morgan fingerprint density at radius 1 is 0.968 bits per heavy atom. The summed E-state index contributed by atoms with van der Waals surface area (Å²) in [6, 6.07) is 26.0. The second kappa shape index (κ2) is 9.47. The largest absolute Gasteiger partial charge is 0.497 e. The first-order valence-electron chi connectivity index (χ1n) is 10.5. The number of nitrogens with one attached hydrogen (secondary N) is 1. The Labute approximate surface area is 183 Å². The molecule has 0 saturated heterocycles. The van der Waals surface area contributed by atoms with Gasteiger partial charge in [0, 0.05) is 17.9 Å². The summed E-state index contributed by atoms with van der Waals surface area (Å²) in [5.41, 5.74) is 4.14. The van der Waals surface area contributed by atoms with E-state index in [1.54, 1.807) is 12.1 Å². The summed E-state index contributed by atoms with van der Waals surface area (Å²) < 4.78 is 11.3. The van der Waals surface area contributed by atoms with E-state index in [1.807, 2.05) is 66.7 Å². The van der Waals surface area contributed by atoms with E-state index in [2.05, 4.69) is 19.1 Å². The number of benzene rings is 3. The summed E-state index contributed by atoms with van der Waals surface area (Å²) in [5.74, 6) is 2.32. The molecular weight excluding hydrogens is 386 g/mol. The predicted molar refractivity (Wildman–Crippen MR) is 124 cm³/mol. The minimum Gasteiger partial charge on any atom is -0.497 e. The second-order valence-electron chi connectivity index (χ2n) is 7.71. The molecule has 4 rings (SSSR count). The molecule has 31 heavy (non-hydrogen) atoms. The van der Waals surface area contributed by atoms with Gasteiger partial charge in [-0.2, -0.15) is 5.10 Å². The van der Waals surface area contributed by atoms with Crippen LogP contribution in [0.25, 0.3) is 0 Å². The topological polar surface area (TPSA) is 57.9 Å². The van der Waals surface area contributed by atoms with Crippen LogP contribution >= 0.6 is 0 Å². The zero-order valence-electron chi connectivity index (χ0n) is 17.9. The molecule has 158 valence electrons. The van der Waals surface area contributed by atoms with Crippen LogP contribution in [-0.4, -0.2) is 30.2 Å². The van der Waals surface area contributed by atoms with Gasteiger partial charge in [-0.1, -0.05) is 61.5 Å². The second-order valence-corrected chi connectivity index (χ2v) is 7.71. The minimum atomic E-state index is 0.206. The number of nitrogens with zero attached hydrogens (tertiary/aromatic N) is 2. The predicted octanol–water partition coefficient (Wildman–Crippen LogP) is 5.15. The molecule has 1 N–H and O–H groups in total. The number of amidine groups is 1. The van der Waals surface area contributed by atoms with E-state index in [9.17, 15) is 0 Å². The van der Waals surface area contributed by atoms with E-state index in [-0.39, 0.29) is 5.92 Å². The van der Waals surface area contributed by atoms with E-state index in [0.29, 0.717) is 25.4 Å². The summed E-state index contributed by atoms with van der Waals surface area (Å²) in [7, 11) is 1.65. The quantitative estimate of drug-likeness (QED) is 0.430. The molecule has 1 aliphatic heterocycles. The van der Waals surface area contributed by atoms with Gasteiger partial charge in [-0.3, -0.25) is 10.4 Å². The maximum absolute atomic E-state index is 8.57. The highest BCUT2D eigenvalue weighted by molar-refractivity contribution is 6.06. The maximum atomic E-state index is 8.57. The number of para-hydroxylation sites is 1. The molecular formula is C26H27N3O2. The van der Waals surface area contributed by atoms with Gasteiger partial charge in [0.05, 0.1) is 19.4 Å². The number of hydrogen-bond acceptors (Lipinski definition) is 4. The van der Waals surface area contributed by atoms with Crippen LogP contribution in [0, 0.1) is 11.3 Å². The van der Waals surface area contributed by atoms with Crippen LogP contribution in [0.15, 0.2) is 84.0 Å². The number of hydrogen-bond donors (Lipinski definition) is 1. The van der Waals surface area contributed by atoms with Crippen LogP contribution < -0.4 is 9.47 Å². The van der Waals surface area contributed by atoms with E-state index < -0.39 is 0 Å². The van der Waals surface area contributed by atoms with Crippen LogP contribution in [-0.2, 0) is 13.0 Å². The van der Waals surface area contributed by atoms with E-state index in [0.717, 1.165) is 33.9 Å². The van der Waals surface area contributed by atoms with Gasteiger partial charge in [0.1, 0.15) is 23.9 Å². The lowest BCUT2D eigenvalue weighted by Gasteiger charge is -2.15. The molecule has 0 radical (unpaired) electrons. The van der Waals surface area contributed by atoms with Crippen molar-refractivity contribution in [1.82, 2.24) is 5.01 Å². The van der Waals surface area contributed by atoms with Crippen molar-refractivity contribution in [3.63, 3.8) is 0 Å². The van der Waals surface area contributed by atoms with Crippen molar-refractivity contribution >= 4 is 11.5 Å². The Hall–Kier alpha value is -3.60. The fourth-order valence-corrected chi connectivity index (χ4v) is 3.67. The third-order valence-electron chi connectivity index (χ3n) is 5.38. The third-order valence-corrected chi connectivity index (χ3v) is 5.38. The molecule has 1 heterocycles. The number of methoxy groups -OCH3 is 1. The zero-order chi connectivity index (χ0) is 21.6. The van der Waals surface area contributed by atoms with Crippen molar-refractivity contribution in [3.05, 3.63) is 95.6 Å². The summed E-state index contributed by atoms with van der Waals surface area (Å²) in [5, 5.41) is 15.2. The van der Waals surface area contributed by atoms with Gasteiger partial charge >= 0.3 is 0 Å². The minimum absolute atomic E-state index is 0.206. The Morgan fingerprint density at radius 2 is 1.68 bits per heavy atom. The zero-order valence-corrected chi connectivity index (χ0v) is 17.9. The molecule has 1 unspecified atom stereocenters. The molecule has 0 aromatic heterocycles. The van der Waals surface area contributed by atoms with Gasteiger partial charge in [0.25, 0.3) is 0 Å². The lowest BCUT2D eigenvalue weighted by atomic mass is 9.98. The fourth-order valence-electron chi connectivity index (χ4n) is 3.67. The highest BCUT2D eigenvalue weighted by Gasteiger charge is 2.28. The van der Waals surface area contributed by atoms with Crippen molar-refractivity contribution in [1.29, 1.82) is 5.41 Å². The molecule has 0 amide bonds. The third kappa shape index (κ3) is 4.94. The molecule has 0 aliphatic carbocycles. The van der Waals surface area contributed by atoms with Crippen molar-refractivity contribution in [2.75, 3.05) is 13.7 Å². The van der Waals surface area contributed by atoms with Gasteiger partial charge in [-0.25, -0.2) is 0 Å². The molecule has 0 fully saturated rings. The van der Waals surface area contributed by atoms with Crippen LogP contribution in [0.4, 0.5) is 0 Å². The standard InChI is InChI=1S/C26H27N3O2/c1-19-17-29(25(27)16-20-12-14-22(30-2)15-13-20)28-26(19)23-10-6-7-11-24(23)31-18-21-8-4-3-5-9-21/h3-15,19,27H,16-18H2,1-2H3. The molecule has 5 nitrogen and oxygen atoms in total. The van der Waals surface area contributed by atoms with Gasteiger partial charge in [-0.05, 0) is 35.4 Å². The van der Waals surface area contributed by atoms with Gasteiger partial charge in [0.15, 0.2) is 0 Å². The van der Waals surface area contributed by atoms with Gasteiger partial charge in [-0.15, -0.1) is 0 Å². The molecule has 0 spiro atoms. The SMILES string of the molecule is COc1ccc(CC(=N)N2CC(C)C(c3ccccc3OCc3ccccc3)=N2)cc1. The van der Waals surface area contributed by atoms with Gasteiger partial charge in [0.2, 0.25) is 0 Å². The first kappa shape index (κ1) is 20.7. The lowest BCUT2D eigenvalue weighted by molar-refractivity contribution is 0.305. The van der Waals surface area contributed by atoms with Crippen LogP contribution in [0.5, 0.6) is 11.5 Å². The number of hydrazone groups is 1. The van der Waals surface area contributed by atoms with Crippen molar-refractivity contribution in [3.8, 4) is 11.5 Å². The maximum Gasteiger partial charge on any atom is 0.128 e. The van der Waals surface area contributed by atoms with E-state index >= 15 is 0 Å². The average Bonchev–Trinajstić information content (AvgIpc) is 3.20. The van der Waals surface area contributed by atoms with Crippen LogP contribution in [0.1, 0.15) is 23.6 Å². The van der Waals surface area contributed by atoms with E-state index in [1.165, 1.54) is 0 Å². The fraction of sp³-hybridized carbons (Fsp3) is 0.231. The summed E-state index contributed by atoms with van der Waals surface area (Å²) in [6.45, 7) is 3.35. The molecule has 3 aromatic carbocycles. The highest BCUT2D eigenvalue weighted by Crippen LogP contribution is 2.27. The molecule has 5 heteroatoms. The number of ether oxygens (including phenoxy) is 2. The van der Waals surface area contributed by atoms with Crippen LogP contribution in [0.3, 0.4) is 0 Å². The van der Waals surface area contributed by atoms with Crippen molar-refractivity contribution in [2.24, 2.45) is 11.0 Å². The average molecular weight is 414 g/mol. The molecule has 1 aliphatic rings. The first-order valence-corrected chi connectivity index (χ1v) is 10.5. The monoisotopic (exact) mass is 413 g/mol. The van der Waals surface area contributed by atoms with Gasteiger partial charge < -0.3 is 9.47 Å². The number of rotatable bonds is 7. The summed E-state index contributed by atoms with van der Waals surface area (Å²) in [6.07, 6.45) is 0.527. The first-order chi connectivity index (χ1) is 15.1. The Balaban J connectivity index is 1.49. The summed E-state index contributed by atoms with van der Waals surface area (Å²) >= 11 is 0. The normalized spacial score (nSPS) is 15.5. The Morgan fingerprint density at radius 3 is 2.42 bits per heavy atom. The molecule has 1 atom stereocenters. The Bertz CT molecular complexity index is 1060. The van der Waals surface area contributed by atoms with Crippen LogP contribution in [0.2, 0.25) is 0 Å². The Kier molecular flexibility index (Phi) is 6.32. The lowest BCUT2D eigenvalue weighted by Crippen LogP contribution is -2.26. The van der Waals surface area contributed by atoms with Crippen molar-refractivity contribution < 1.29 is 9.47 Å². The smallest absolute Gasteiger partial charge is 0.128 e. The van der Waals surface area contributed by atoms with E-state index in [4.69, 9.17) is 20.0 Å².